The summed E-state index contributed by atoms with van der Waals surface area (Å²) in [5.74, 6) is 0. The molecule has 0 amide bonds. The van der Waals surface area contributed by atoms with E-state index >= 15 is 0 Å². The number of nitrogens with zero attached hydrogens (tertiary/aromatic N) is 3. The maximum absolute atomic E-state index is 12.6. The fourth-order valence-corrected chi connectivity index (χ4v) is 3.15. The Labute approximate surface area is 148 Å². The van der Waals surface area contributed by atoms with Gasteiger partial charge in [-0.1, -0.05) is 24.3 Å². The van der Waals surface area contributed by atoms with E-state index in [1.807, 2.05) is 24.3 Å². The van der Waals surface area contributed by atoms with E-state index in [0.29, 0.717) is 12.6 Å². The minimum Gasteiger partial charge on any atom is -0.423 e. The topological polar surface area (TPSA) is 32.5 Å². The van der Waals surface area contributed by atoms with E-state index in [9.17, 15) is 13.2 Å². The summed E-state index contributed by atoms with van der Waals surface area (Å²) >= 11 is 0. The summed E-state index contributed by atoms with van der Waals surface area (Å²) in [7, 11) is 0. The monoisotopic (exact) mass is 361 g/mol. The van der Waals surface area contributed by atoms with E-state index in [4.69, 9.17) is 4.42 Å². The van der Waals surface area contributed by atoms with Crippen LogP contribution in [0, 0.1) is 0 Å². The number of benzene rings is 2. The zero-order valence-corrected chi connectivity index (χ0v) is 14.0. The molecule has 0 saturated carbocycles. The molecule has 1 saturated heterocycles. The largest absolute Gasteiger partial charge is 0.423 e. The number of alkyl halides is 3. The predicted molar refractivity (Wildman–Crippen MR) is 92.9 cm³/mol. The summed E-state index contributed by atoms with van der Waals surface area (Å²) in [6.45, 7) is 3.79. The Bertz CT molecular complexity index is 848. The highest BCUT2D eigenvalue weighted by Gasteiger charge is 2.30. The summed E-state index contributed by atoms with van der Waals surface area (Å²) in [6.07, 6.45) is -4.29. The smallest absolute Gasteiger partial charge is 0.416 e. The lowest BCUT2D eigenvalue weighted by Crippen LogP contribution is -2.46. The molecule has 0 atom stereocenters. The molecule has 26 heavy (non-hydrogen) atoms. The Hall–Kier alpha value is -2.54. The molecule has 0 unspecified atom stereocenters. The van der Waals surface area contributed by atoms with Gasteiger partial charge in [-0.25, -0.2) is 0 Å². The first-order valence-corrected chi connectivity index (χ1v) is 8.48. The third kappa shape index (κ3) is 3.53. The minimum absolute atomic E-state index is 0.609. The van der Waals surface area contributed by atoms with Gasteiger partial charge >= 0.3 is 6.18 Å². The van der Waals surface area contributed by atoms with Crippen LogP contribution in [0.15, 0.2) is 52.9 Å². The van der Waals surface area contributed by atoms with Crippen molar-refractivity contribution in [2.75, 3.05) is 31.1 Å². The number of halogens is 3. The molecule has 2 heterocycles. The molecule has 1 aliphatic rings. The SMILES string of the molecule is FC(F)(F)c1ccc(CN2CCN(c3nc4ccccc4o3)CC2)cc1. The maximum atomic E-state index is 12.6. The zero-order valence-electron chi connectivity index (χ0n) is 14.0. The van der Waals surface area contributed by atoms with E-state index in [1.54, 1.807) is 12.1 Å². The van der Waals surface area contributed by atoms with Crippen LogP contribution in [0.1, 0.15) is 11.1 Å². The van der Waals surface area contributed by atoms with Crippen LogP contribution in [0.3, 0.4) is 0 Å². The average Bonchev–Trinajstić information content (AvgIpc) is 3.06. The molecule has 2 aromatic carbocycles. The number of rotatable bonds is 3. The quantitative estimate of drug-likeness (QED) is 0.701. The molecule has 136 valence electrons. The fourth-order valence-electron chi connectivity index (χ4n) is 3.15. The average molecular weight is 361 g/mol. The zero-order chi connectivity index (χ0) is 18.1. The van der Waals surface area contributed by atoms with Gasteiger partial charge in [-0.05, 0) is 29.8 Å². The summed E-state index contributed by atoms with van der Waals surface area (Å²) < 4.78 is 43.7. The number of oxazole rings is 1. The van der Waals surface area contributed by atoms with Gasteiger partial charge in [0.1, 0.15) is 5.52 Å². The second-order valence-corrected chi connectivity index (χ2v) is 6.42. The van der Waals surface area contributed by atoms with Crippen molar-refractivity contribution in [2.24, 2.45) is 0 Å². The Morgan fingerprint density at radius 3 is 2.27 bits per heavy atom. The highest BCUT2D eigenvalue weighted by molar-refractivity contribution is 5.74. The van der Waals surface area contributed by atoms with Crippen molar-refractivity contribution in [2.45, 2.75) is 12.7 Å². The summed E-state index contributed by atoms with van der Waals surface area (Å²) in [5, 5.41) is 0. The van der Waals surface area contributed by atoms with Crippen LogP contribution in [0.5, 0.6) is 0 Å². The van der Waals surface area contributed by atoms with E-state index in [1.165, 1.54) is 0 Å². The Morgan fingerprint density at radius 2 is 1.62 bits per heavy atom. The fraction of sp³-hybridized carbons (Fsp3) is 0.316. The minimum atomic E-state index is -4.29. The second kappa shape index (κ2) is 6.64. The highest BCUT2D eigenvalue weighted by atomic mass is 19.4. The van der Waals surface area contributed by atoms with E-state index < -0.39 is 11.7 Å². The lowest BCUT2D eigenvalue weighted by Gasteiger charge is -2.33. The summed E-state index contributed by atoms with van der Waals surface area (Å²) in [6, 6.07) is 13.7. The van der Waals surface area contributed by atoms with Crippen LogP contribution in [0.4, 0.5) is 19.2 Å². The molecule has 0 aliphatic carbocycles. The Kier molecular flexibility index (Phi) is 4.32. The number of piperazine rings is 1. The van der Waals surface area contributed by atoms with E-state index in [-0.39, 0.29) is 0 Å². The van der Waals surface area contributed by atoms with Crippen molar-refractivity contribution < 1.29 is 17.6 Å². The van der Waals surface area contributed by atoms with Crippen LogP contribution in [0.2, 0.25) is 0 Å². The molecule has 0 radical (unpaired) electrons. The number of fused-ring (bicyclic) bond motifs is 1. The van der Waals surface area contributed by atoms with Crippen LogP contribution in [-0.2, 0) is 12.7 Å². The van der Waals surface area contributed by atoms with Crippen LogP contribution in [0.25, 0.3) is 11.1 Å². The first kappa shape index (κ1) is 16.9. The molecular weight excluding hydrogens is 343 g/mol. The molecule has 0 N–H and O–H groups in total. The molecule has 0 spiro atoms. The molecule has 7 heteroatoms. The van der Waals surface area contributed by atoms with E-state index in [2.05, 4.69) is 14.8 Å². The van der Waals surface area contributed by atoms with Crippen molar-refractivity contribution in [3.05, 3.63) is 59.7 Å². The highest BCUT2D eigenvalue weighted by Crippen LogP contribution is 2.29. The van der Waals surface area contributed by atoms with Crippen molar-refractivity contribution in [1.82, 2.24) is 9.88 Å². The number of hydrogen-bond donors (Lipinski definition) is 0. The van der Waals surface area contributed by atoms with Gasteiger partial charge in [-0.2, -0.15) is 18.2 Å². The molecule has 0 bridgehead atoms. The van der Waals surface area contributed by atoms with Gasteiger partial charge in [0.05, 0.1) is 5.56 Å². The van der Waals surface area contributed by atoms with Crippen LogP contribution >= 0.6 is 0 Å². The molecule has 1 aromatic heterocycles. The van der Waals surface area contributed by atoms with Crippen LogP contribution < -0.4 is 4.90 Å². The van der Waals surface area contributed by atoms with Gasteiger partial charge in [0.25, 0.3) is 6.01 Å². The van der Waals surface area contributed by atoms with E-state index in [0.717, 1.165) is 55.0 Å². The first-order chi connectivity index (χ1) is 12.5. The Balaban J connectivity index is 1.36. The standard InChI is InChI=1S/C19H18F3N3O/c20-19(21,22)15-7-5-14(6-8-15)13-24-9-11-25(12-10-24)18-23-16-3-1-2-4-17(16)26-18/h1-8H,9-13H2. The van der Waals surface area contributed by atoms with Gasteiger partial charge in [0.2, 0.25) is 0 Å². The summed E-state index contributed by atoms with van der Waals surface area (Å²) in [5.41, 5.74) is 1.89. The molecular formula is C19H18F3N3O. The van der Waals surface area contributed by atoms with Crippen molar-refractivity contribution in [3.8, 4) is 0 Å². The summed E-state index contributed by atoms with van der Waals surface area (Å²) in [4.78, 5) is 8.84. The molecule has 1 aliphatic heterocycles. The van der Waals surface area contributed by atoms with Gasteiger partial charge < -0.3 is 9.32 Å². The Morgan fingerprint density at radius 1 is 0.923 bits per heavy atom. The van der Waals surface area contributed by atoms with Gasteiger partial charge in [-0.3, -0.25) is 4.90 Å². The third-order valence-electron chi connectivity index (χ3n) is 4.61. The van der Waals surface area contributed by atoms with Crippen molar-refractivity contribution >= 4 is 17.1 Å². The number of aromatic nitrogens is 1. The van der Waals surface area contributed by atoms with Gasteiger partial charge in [0.15, 0.2) is 5.58 Å². The molecule has 4 rings (SSSR count). The maximum Gasteiger partial charge on any atom is 0.416 e. The number of hydrogen-bond acceptors (Lipinski definition) is 4. The normalized spacial score (nSPS) is 16.3. The second-order valence-electron chi connectivity index (χ2n) is 6.42. The molecule has 4 nitrogen and oxygen atoms in total. The molecule has 1 fully saturated rings. The van der Waals surface area contributed by atoms with Gasteiger partial charge in [0, 0.05) is 32.7 Å². The van der Waals surface area contributed by atoms with Crippen molar-refractivity contribution in [1.29, 1.82) is 0 Å². The van der Waals surface area contributed by atoms with Crippen LogP contribution in [-0.4, -0.2) is 36.1 Å². The lowest BCUT2D eigenvalue weighted by atomic mass is 10.1. The number of para-hydroxylation sites is 2. The third-order valence-corrected chi connectivity index (χ3v) is 4.61. The number of anilines is 1. The lowest BCUT2D eigenvalue weighted by molar-refractivity contribution is -0.137. The first-order valence-electron chi connectivity index (χ1n) is 8.48. The predicted octanol–water partition coefficient (Wildman–Crippen LogP) is 4.17. The van der Waals surface area contributed by atoms with Crippen molar-refractivity contribution in [3.63, 3.8) is 0 Å². The van der Waals surface area contributed by atoms with Gasteiger partial charge in [-0.15, -0.1) is 0 Å². The molecule has 3 aromatic rings.